The molecule has 0 atom stereocenters. The van der Waals surface area contributed by atoms with Gasteiger partial charge in [0.2, 0.25) is 0 Å². The molecule has 36 heavy (non-hydrogen) atoms. The van der Waals surface area contributed by atoms with E-state index in [2.05, 4.69) is 21.2 Å². The maximum Gasteiger partial charge on any atom is 0.329 e. The molecule has 0 aliphatic rings. The van der Waals surface area contributed by atoms with Gasteiger partial charge in [-0.15, -0.1) is 0 Å². The minimum Gasteiger partial charge on any atom is -0.497 e. The molecule has 0 radical (unpaired) electrons. The summed E-state index contributed by atoms with van der Waals surface area (Å²) in [5, 5.41) is 8.70. The van der Waals surface area contributed by atoms with E-state index in [-0.39, 0.29) is 18.2 Å². The number of nitrogens with one attached hydrogen (secondary N) is 3. The summed E-state index contributed by atoms with van der Waals surface area (Å²) in [6, 6.07) is 17.4. The molecule has 186 valence electrons. The van der Waals surface area contributed by atoms with Gasteiger partial charge in [-0.2, -0.15) is 5.10 Å². The molecule has 9 nitrogen and oxygen atoms in total. The Morgan fingerprint density at radius 1 is 1.00 bits per heavy atom. The van der Waals surface area contributed by atoms with Gasteiger partial charge in [0, 0.05) is 12.2 Å². The van der Waals surface area contributed by atoms with Crippen LogP contribution in [-0.2, 0) is 20.9 Å². The van der Waals surface area contributed by atoms with Crippen LogP contribution >= 0.6 is 11.6 Å². The maximum atomic E-state index is 13.2. The average molecular weight is 513 g/mol. The largest absolute Gasteiger partial charge is 0.497 e. The van der Waals surface area contributed by atoms with Gasteiger partial charge >= 0.3 is 11.8 Å². The molecule has 3 aromatic carbocycles. The van der Waals surface area contributed by atoms with Crippen molar-refractivity contribution in [3.63, 3.8) is 0 Å². The average Bonchev–Trinajstić information content (AvgIpc) is 2.88. The second kappa shape index (κ2) is 12.9. The monoisotopic (exact) mass is 512 g/mol. The first-order valence-electron chi connectivity index (χ1n) is 10.6. The molecule has 0 saturated carbocycles. The van der Waals surface area contributed by atoms with Gasteiger partial charge in [0.25, 0.3) is 5.91 Å². The minimum absolute atomic E-state index is 0.109. The lowest BCUT2D eigenvalue weighted by molar-refractivity contribution is -0.139. The highest BCUT2D eigenvalue weighted by atomic mass is 35.5. The van der Waals surface area contributed by atoms with Crippen molar-refractivity contribution in [2.24, 2.45) is 5.10 Å². The van der Waals surface area contributed by atoms with Crippen molar-refractivity contribution in [1.82, 2.24) is 10.7 Å². The van der Waals surface area contributed by atoms with E-state index < -0.39 is 23.5 Å². The first-order chi connectivity index (χ1) is 17.3. The molecule has 0 unspecified atom stereocenters. The van der Waals surface area contributed by atoms with E-state index in [0.29, 0.717) is 22.7 Å². The number of carbonyl (C=O) groups excluding carboxylic acids is 3. The second-order valence-electron chi connectivity index (χ2n) is 7.27. The summed E-state index contributed by atoms with van der Waals surface area (Å²) in [6.45, 7) is -0.137. The van der Waals surface area contributed by atoms with Crippen molar-refractivity contribution in [2.75, 3.05) is 19.0 Å². The SMILES string of the molecule is COc1ccc(CNC(=O)C(=O)N/N=C\c2cccc(OCC(=O)Nc3ccc(F)c(Cl)c3)c2)cc1. The van der Waals surface area contributed by atoms with Gasteiger partial charge in [-0.1, -0.05) is 35.9 Å². The van der Waals surface area contributed by atoms with Gasteiger partial charge in [0.05, 0.1) is 18.3 Å². The van der Waals surface area contributed by atoms with Crippen molar-refractivity contribution >= 4 is 41.2 Å². The van der Waals surface area contributed by atoms with Crippen LogP contribution in [-0.4, -0.2) is 37.7 Å². The van der Waals surface area contributed by atoms with Crippen LogP contribution in [0.15, 0.2) is 71.8 Å². The van der Waals surface area contributed by atoms with E-state index in [1.54, 1.807) is 55.6 Å². The molecule has 0 heterocycles. The van der Waals surface area contributed by atoms with E-state index >= 15 is 0 Å². The molecule has 0 fully saturated rings. The molecule has 11 heteroatoms. The zero-order chi connectivity index (χ0) is 25.9. The number of hydrogen-bond acceptors (Lipinski definition) is 6. The van der Waals surface area contributed by atoms with E-state index in [9.17, 15) is 18.8 Å². The topological polar surface area (TPSA) is 118 Å². The Morgan fingerprint density at radius 2 is 1.78 bits per heavy atom. The van der Waals surface area contributed by atoms with Gasteiger partial charge in [-0.05, 0) is 53.6 Å². The molecular weight excluding hydrogens is 491 g/mol. The Balaban J connectivity index is 1.44. The molecule has 3 aromatic rings. The van der Waals surface area contributed by atoms with Crippen LogP contribution in [0.3, 0.4) is 0 Å². The first-order valence-corrected chi connectivity index (χ1v) is 10.9. The van der Waals surface area contributed by atoms with Crippen molar-refractivity contribution in [1.29, 1.82) is 0 Å². The highest BCUT2D eigenvalue weighted by molar-refractivity contribution is 6.35. The third-order valence-electron chi connectivity index (χ3n) is 4.63. The van der Waals surface area contributed by atoms with Crippen LogP contribution in [0.1, 0.15) is 11.1 Å². The molecule has 0 spiro atoms. The van der Waals surface area contributed by atoms with Crippen molar-refractivity contribution in [3.05, 3.63) is 88.7 Å². The van der Waals surface area contributed by atoms with Gasteiger partial charge in [-0.3, -0.25) is 14.4 Å². The zero-order valence-electron chi connectivity index (χ0n) is 19.1. The normalized spacial score (nSPS) is 10.5. The molecule has 3 amide bonds. The molecular formula is C25H22ClFN4O5. The third-order valence-corrected chi connectivity index (χ3v) is 4.92. The maximum absolute atomic E-state index is 13.2. The Morgan fingerprint density at radius 3 is 2.50 bits per heavy atom. The summed E-state index contributed by atoms with van der Waals surface area (Å²) >= 11 is 5.69. The number of rotatable bonds is 9. The predicted octanol–water partition coefficient (Wildman–Crippen LogP) is 3.27. The van der Waals surface area contributed by atoms with Gasteiger partial charge in [0.1, 0.15) is 17.3 Å². The van der Waals surface area contributed by atoms with Crippen molar-refractivity contribution in [2.45, 2.75) is 6.54 Å². The summed E-state index contributed by atoms with van der Waals surface area (Å²) in [7, 11) is 1.55. The Kier molecular flexibility index (Phi) is 9.35. The fourth-order valence-corrected chi connectivity index (χ4v) is 3.01. The molecule has 0 bridgehead atoms. The number of halogens is 2. The Bertz CT molecular complexity index is 1270. The predicted molar refractivity (Wildman–Crippen MR) is 133 cm³/mol. The van der Waals surface area contributed by atoms with Gasteiger partial charge in [0.15, 0.2) is 6.61 Å². The number of hydrogen-bond donors (Lipinski definition) is 3. The Labute approximate surface area is 211 Å². The fourth-order valence-electron chi connectivity index (χ4n) is 2.83. The van der Waals surface area contributed by atoms with Crippen LogP contribution in [0.2, 0.25) is 5.02 Å². The summed E-state index contributed by atoms with van der Waals surface area (Å²) in [6.07, 6.45) is 1.32. The number of methoxy groups -OCH3 is 1. The number of nitrogens with zero attached hydrogens (tertiary/aromatic N) is 1. The lowest BCUT2D eigenvalue weighted by atomic mass is 10.2. The zero-order valence-corrected chi connectivity index (χ0v) is 19.8. The summed E-state index contributed by atoms with van der Waals surface area (Å²) in [5.41, 5.74) is 3.83. The Hall–Kier alpha value is -4.44. The molecule has 3 N–H and O–H groups in total. The van der Waals surface area contributed by atoms with Crippen LogP contribution in [0, 0.1) is 5.82 Å². The van der Waals surface area contributed by atoms with Crippen molar-refractivity contribution in [3.8, 4) is 11.5 Å². The second-order valence-corrected chi connectivity index (χ2v) is 7.68. The molecule has 0 aliphatic heterocycles. The molecule has 0 saturated heterocycles. The van der Waals surface area contributed by atoms with Crippen LogP contribution in [0.5, 0.6) is 11.5 Å². The number of hydrazone groups is 1. The smallest absolute Gasteiger partial charge is 0.329 e. The molecule has 0 aromatic heterocycles. The highest BCUT2D eigenvalue weighted by Crippen LogP contribution is 2.19. The number of amides is 3. The summed E-state index contributed by atoms with van der Waals surface area (Å²) < 4.78 is 23.7. The van der Waals surface area contributed by atoms with Gasteiger partial charge in [-0.25, -0.2) is 9.82 Å². The fraction of sp³-hybridized carbons (Fsp3) is 0.120. The number of ether oxygens (including phenoxy) is 2. The van der Waals surface area contributed by atoms with Crippen molar-refractivity contribution < 1.29 is 28.2 Å². The van der Waals surface area contributed by atoms with Crippen LogP contribution in [0.25, 0.3) is 0 Å². The van der Waals surface area contributed by atoms with E-state index in [1.165, 1.54) is 18.3 Å². The first kappa shape index (κ1) is 26.2. The quantitative estimate of drug-likeness (QED) is 0.231. The summed E-state index contributed by atoms with van der Waals surface area (Å²) in [5.74, 6) is -1.77. The highest BCUT2D eigenvalue weighted by Gasteiger charge is 2.12. The van der Waals surface area contributed by atoms with E-state index in [0.717, 1.165) is 11.6 Å². The van der Waals surface area contributed by atoms with E-state index in [4.69, 9.17) is 21.1 Å². The molecule has 3 rings (SSSR count). The standard InChI is InChI=1S/C25H22ClFN4O5/c1-35-19-8-5-16(6-9-19)13-28-24(33)25(34)31-29-14-17-3-2-4-20(11-17)36-15-23(32)30-18-7-10-22(27)21(26)12-18/h2-12,14H,13,15H2,1H3,(H,28,33)(H,30,32)(H,31,34)/b29-14-. The number of benzene rings is 3. The van der Waals surface area contributed by atoms with E-state index in [1.807, 2.05) is 0 Å². The van der Waals surface area contributed by atoms with Gasteiger partial charge < -0.3 is 20.1 Å². The molecule has 0 aliphatic carbocycles. The lowest BCUT2D eigenvalue weighted by Gasteiger charge is -2.08. The minimum atomic E-state index is -0.926. The third kappa shape index (κ3) is 8.10. The lowest BCUT2D eigenvalue weighted by Crippen LogP contribution is -2.37. The number of anilines is 1. The number of carbonyl (C=O) groups is 3. The summed E-state index contributed by atoms with van der Waals surface area (Å²) in [4.78, 5) is 35.9. The van der Waals surface area contributed by atoms with Crippen LogP contribution < -0.4 is 25.5 Å². The van der Waals surface area contributed by atoms with Crippen LogP contribution in [0.4, 0.5) is 10.1 Å².